The van der Waals surface area contributed by atoms with Crippen molar-refractivity contribution in [2.45, 2.75) is 44.2 Å². The minimum atomic E-state index is -0.990. The number of aromatic nitrogens is 1. The third kappa shape index (κ3) is 5.40. The quantitative estimate of drug-likeness (QED) is 0.599. The molecule has 0 bridgehead atoms. The van der Waals surface area contributed by atoms with E-state index in [9.17, 15) is 14.4 Å². The Morgan fingerprint density at radius 2 is 2.00 bits per heavy atom. The van der Waals surface area contributed by atoms with Crippen LogP contribution in [0, 0.1) is 0 Å². The van der Waals surface area contributed by atoms with Crippen LogP contribution in [0.25, 0.3) is 0 Å². The molecule has 0 saturated carbocycles. The number of carbonyl (C=O) groups is 3. The molecule has 1 aromatic heterocycles. The summed E-state index contributed by atoms with van der Waals surface area (Å²) < 4.78 is 5.03. The van der Waals surface area contributed by atoms with E-state index in [1.807, 2.05) is 0 Å². The van der Waals surface area contributed by atoms with Crippen LogP contribution < -0.4 is 16.0 Å². The molecule has 0 unspecified atom stereocenters. The number of likely N-dealkylation sites (tertiary alicyclic amines) is 1. The number of hydrogen-bond acceptors (Lipinski definition) is 6. The van der Waals surface area contributed by atoms with Gasteiger partial charge < -0.3 is 25.6 Å². The van der Waals surface area contributed by atoms with Gasteiger partial charge in [0.05, 0.1) is 6.61 Å². The molecule has 0 radical (unpaired) electrons. The molecule has 2 aliphatic heterocycles. The zero-order valence-corrected chi connectivity index (χ0v) is 17.8. The third-order valence-electron chi connectivity index (χ3n) is 5.59. The molecule has 3 amide bonds. The summed E-state index contributed by atoms with van der Waals surface area (Å²) in [6, 6.07) is 3.00. The van der Waals surface area contributed by atoms with Gasteiger partial charge in [-0.05, 0) is 57.8 Å². The Balaban J connectivity index is 1.63. The number of piperidine rings is 2. The molecule has 3 N–H and O–H groups in total. The SMILES string of the molecule is CCOC(=O)N1CCC(NC(=O)C2(NC(=O)c3ccnc(Cl)c3)CCNCC2)CC1. The number of amides is 3. The van der Waals surface area contributed by atoms with Crippen molar-refractivity contribution in [1.82, 2.24) is 25.8 Å². The van der Waals surface area contributed by atoms with E-state index in [1.165, 1.54) is 12.3 Å². The molecule has 0 aliphatic carbocycles. The van der Waals surface area contributed by atoms with Crippen molar-refractivity contribution in [1.29, 1.82) is 0 Å². The molecule has 164 valence electrons. The third-order valence-corrected chi connectivity index (χ3v) is 5.80. The summed E-state index contributed by atoms with van der Waals surface area (Å²) in [4.78, 5) is 43.4. The van der Waals surface area contributed by atoms with Crippen LogP contribution in [0.4, 0.5) is 4.79 Å². The monoisotopic (exact) mass is 437 g/mol. The Kier molecular flexibility index (Phi) is 7.49. The fraction of sp³-hybridized carbons (Fsp3) is 0.600. The summed E-state index contributed by atoms with van der Waals surface area (Å²) in [5.74, 6) is -0.541. The van der Waals surface area contributed by atoms with Crippen LogP contribution >= 0.6 is 11.6 Å². The van der Waals surface area contributed by atoms with Crippen molar-refractivity contribution in [3.8, 4) is 0 Å². The van der Waals surface area contributed by atoms with Gasteiger partial charge in [0.15, 0.2) is 0 Å². The topological polar surface area (TPSA) is 113 Å². The van der Waals surface area contributed by atoms with Gasteiger partial charge in [0.2, 0.25) is 5.91 Å². The first kappa shape index (κ1) is 22.3. The number of hydrogen-bond donors (Lipinski definition) is 3. The second-order valence-electron chi connectivity index (χ2n) is 7.59. The van der Waals surface area contributed by atoms with Crippen LogP contribution in [0.1, 0.15) is 43.0 Å². The molecule has 0 atom stereocenters. The highest BCUT2D eigenvalue weighted by Gasteiger charge is 2.42. The lowest BCUT2D eigenvalue weighted by Crippen LogP contribution is -2.64. The predicted octanol–water partition coefficient (Wildman–Crippen LogP) is 1.32. The Morgan fingerprint density at radius 1 is 1.30 bits per heavy atom. The second kappa shape index (κ2) is 10.1. The van der Waals surface area contributed by atoms with Crippen molar-refractivity contribution in [3.63, 3.8) is 0 Å². The van der Waals surface area contributed by atoms with E-state index in [-0.39, 0.29) is 29.1 Å². The van der Waals surface area contributed by atoms with E-state index >= 15 is 0 Å². The minimum Gasteiger partial charge on any atom is -0.450 e. The van der Waals surface area contributed by atoms with Crippen LogP contribution in [0.5, 0.6) is 0 Å². The number of ether oxygens (including phenoxy) is 1. The van der Waals surface area contributed by atoms with E-state index in [1.54, 1.807) is 17.9 Å². The Morgan fingerprint density at radius 3 is 2.63 bits per heavy atom. The van der Waals surface area contributed by atoms with Gasteiger partial charge >= 0.3 is 6.09 Å². The number of rotatable bonds is 5. The highest BCUT2D eigenvalue weighted by Crippen LogP contribution is 2.22. The van der Waals surface area contributed by atoms with Gasteiger partial charge in [0, 0.05) is 30.9 Å². The predicted molar refractivity (Wildman–Crippen MR) is 111 cm³/mol. The Hall–Kier alpha value is -2.39. The van der Waals surface area contributed by atoms with Crippen LogP contribution in [0.15, 0.2) is 18.3 Å². The summed E-state index contributed by atoms with van der Waals surface area (Å²) in [6.45, 7) is 4.44. The van der Waals surface area contributed by atoms with Crippen LogP contribution in [-0.2, 0) is 9.53 Å². The molecular formula is C20H28ClN5O4. The molecule has 30 heavy (non-hydrogen) atoms. The van der Waals surface area contributed by atoms with E-state index < -0.39 is 5.54 Å². The summed E-state index contributed by atoms with van der Waals surface area (Å²) in [5, 5.41) is 9.49. The van der Waals surface area contributed by atoms with Gasteiger partial charge in [0.1, 0.15) is 10.7 Å². The molecular weight excluding hydrogens is 410 g/mol. The van der Waals surface area contributed by atoms with E-state index in [0.29, 0.717) is 64.0 Å². The highest BCUT2D eigenvalue weighted by atomic mass is 35.5. The summed E-state index contributed by atoms with van der Waals surface area (Å²) in [7, 11) is 0. The van der Waals surface area contributed by atoms with E-state index in [4.69, 9.17) is 16.3 Å². The highest BCUT2D eigenvalue weighted by molar-refractivity contribution is 6.29. The zero-order chi connectivity index (χ0) is 21.6. The average Bonchev–Trinajstić information content (AvgIpc) is 2.75. The molecule has 2 fully saturated rings. The molecule has 2 saturated heterocycles. The number of nitrogens with zero attached hydrogens (tertiary/aromatic N) is 2. The molecule has 1 aromatic rings. The van der Waals surface area contributed by atoms with Crippen molar-refractivity contribution >= 4 is 29.5 Å². The Labute approximate surface area is 180 Å². The fourth-order valence-electron chi connectivity index (χ4n) is 3.84. The van der Waals surface area contributed by atoms with Gasteiger partial charge in [-0.2, -0.15) is 0 Å². The second-order valence-corrected chi connectivity index (χ2v) is 7.97. The first-order chi connectivity index (χ1) is 14.4. The molecule has 0 spiro atoms. The molecule has 10 heteroatoms. The lowest BCUT2D eigenvalue weighted by atomic mass is 9.86. The lowest BCUT2D eigenvalue weighted by Gasteiger charge is -2.39. The van der Waals surface area contributed by atoms with Gasteiger partial charge in [-0.15, -0.1) is 0 Å². The molecule has 9 nitrogen and oxygen atoms in total. The minimum absolute atomic E-state index is 0.0535. The first-order valence-corrected chi connectivity index (χ1v) is 10.7. The number of carbonyl (C=O) groups excluding carboxylic acids is 3. The maximum Gasteiger partial charge on any atom is 0.409 e. The van der Waals surface area contributed by atoms with Gasteiger partial charge in [-0.3, -0.25) is 9.59 Å². The van der Waals surface area contributed by atoms with Crippen molar-refractivity contribution < 1.29 is 19.1 Å². The van der Waals surface area contributed by atoms with Crippen molar-refractivity contribution in [3.05, 3.63) is 29.0 Å². The normalized spacial score (nSPS) is 19.1. The standard InChI is InChI=1S/C20H28ClN5O4/c1-2-30-19(29)26-11-4-15(5-12-26)24-18(28)20(6-9-22-10-7-20)25-17(27)14-3-8-23-16(21)13-14/h3,8,13,15,22H,2,4-7,9-12H2,1H3,(H,24,28)(H,25,27). The smallest absolute Gasteiger partial charge is 0.409 e. The molecule has 3 heterocycles. The summed E-state index contributed by atoms with van der Waals surface area (Å²) in [5.41, 5.74) is -0.625. The molecule has 3 rings (SSSR count). The first-order valence-electron chi connectivity index (χ1n) is 10.3. The van der Waals surface area contributed by atoms with Crippen LogP contribution in [0.2, 0.25) is 5.15 Å². The van der Waals surface area contributed by atoms with Crippen molar-refractivity contribution in [2.75, 3.05) is 32.8 Å². The molecule has 2 aliphatic rings. The maximum absolute atomic E-state index is 13.2. The maximum atomic E-state index is 13.2. The van der Waals surface area contributed by atoms with Crippen LogP contribution in [-0.4, -0.2) is 72.2 Å². The zero-order valence-electron chi connectivity index (χ0n) is 17.1. The number of halogens is 1. The van der Waals surface area contributed by atoms with Crippen molar-refractivity contribution in [2.24, 2.45) is 0 Å². The van der Waals surface area contributed by atoms with Gasteiger partial charge in [-0.25, -0.2) is 9.78 Å². The largest absolute Gasteiger partial charge is 0.450 e. The van der Waals surface area contributed by atoms with Gasteiger partial charge in [-0.1, -0.05) is 11.6 Å². The molecule has 0 aromatic carbocycles. The average molecular weight is 438 g/mol. The Bertz CT molecular complexity index is 776. The summed E-state index contributed by atoms with van der Waals surface area (Å²) >= 11 is 5.89. The summed E-state index contributed by atoms with van der Waals surface area (Å²) in [6.07, 6.45) is 3.42. The number of nitrogens with one attached hydrogen (secondary N) is 3. The lowest BCUT2D eigenvalue weighted by molar-refractivity contribution is -0.129. The van der Waals surface area contributed by atoms with Crippen LogP contribution in [0.3, 0.4) is 0 Å². The van der Waals surface area contributed by atoms with E-state index in [0.717, 1.165) is 0 Å². The fourth-order valence-corrected chi connectivity index (χ4v) is 4.01. The van der Waals surface area contributed by atoms with E-state index in [2.05, 4.69) is 20.9 Å². The number of pyridine rings is 1. The van der Waals surface area contributed by atoms with Gasteiger partial charge in [0.25, 0.3) is 5.91 Å².